The summed E-state index contributed by atoms with van der Waals surface area (Å²) in [5.41, 5.74) is 1.32. The summed E-state index contributed by atoms with van der Waals surface area (Å²) in [6.07, 6.45) is 7.15. The van der Waals surface area contributed by atoms with E-state index in [2.05, 4.69) is 49.4 Å². The fraction of sp³-hybridized carbons (Fsp3) is 0.200. The maximum atomic E-state index is 14.0. The molecule has 3 aromatic rings. The summed E-state index contributed by atoms with van der Waals surface area (Å²) >= 11 is 0. The van der Waals surface area contributed by atoms with Gasteiger partial charge in [0.2, 0.25) is 0 Å². The van der Waals surface area contributed by atoms with Gasteiger partial charge in [0.1, 0.15) is 7.14 Å². The third-order valence-corrected chi connectivity index (χ3v) is 7.89. The predicted molar refractivity (Wildman–Crippen MR) is 118 cm³/mol. The highest BCUT2D eigenvalue weighted by molar-refractivity contribution is 7.78. The van der Waals surface area contributed by atoms with Crippen LogP contribution in [0.4, 0.5) is 0 Å². The molecule has 0 radical (unpaired) electrons. The zero-order valence-electron chi connectivity index (χ0n) is 15.9. The Kier molecular flexibility index (Phi) is 6.85. The summed E-state index contributed by atoms with van der Waals surface area (Å²) in [6.45, 7) is 2.21. The van der Waals surface area contributed by atoms with E-state index in [1.54, 1.807) is 0 Å². The van der Waals surface area contributed by atoms with Crippen molar-refractivity contribution in [3.8, 4) is 0 Å². The topological polar surface area (TPSA) is 17.1 Å². The van der Waals surface area contributed by atoms with Crippen LogP contribution in [-0.4, -0.2) is 6.16 Å². The molecular formula is C25H27OP. The molecule has 138 valence electrons. The summed E-state index contributed by atoms with van der Waals surface area (Å²) in [7, 11) is -2.68. The van der Waals surface area contributed by atoms with E-state index in [4.69, 9.17) is 0 Å². The molecule has 0 N–H and O–H groups in total. The van der Waals surface area contributed by atoms with Crippen LogP contribution in [0.15, 0.2) is 103 Å². The van der Waals surface area contributed by atoms with Crippen molar-refractivity contribution in [1.29, 1.82) is 0 Å². The molecule has 1 unspecified atom stereocenters. The highest BCUT2D eigenvalue weighted by Gasteiger charge is 2.25. The van der Waals surface area contributed by atoms with E-state index in [0.29, 0.717) is 12.1 Å². The Hall–Kier alpha value is -2.37. The first kappa shape index (κ1) is 19.4. The molecule has 0 aliphatic rings. The first-order chi connectivity index (χ1) is 13.2. The lowest BCUT2D eigenvalue weighted by Gasteiger charge is -2.18. The fourth-order valence-corrected chi connectivity index (χ4v) is 5.90. The first-order valence-corrected chi connectivity index (χ1v) is 11.5. The summed E-state index contributed by atoms with van der Waals surface area (Å²) in [6, 6.07) is 30.4. The van der Waals surface area contributed by atoms with Crippen molar-refractivity contribution in [2.45, 2.75) is 25.7 Å². The van der Waals surface area contributed by atoms with Crippen molar-refractivity contribution in [3.05, 3.63) is 109 Å². The quantitative estimate of drug-likeness (QED) is 0.342. The van der Waals surface area contributed by atoms with E-state index in [1.807, 2.05) is 60.7 Å². The second-order valence-corrected chi connectivity index (χ2v) is 9.70. The van der Waals surface area contributed by atoms with E-state index < -0.39 is 7.14 Å². The number of benzene rings is 3. The summed E-state index contributed by atoms with van der Waals surface area (Å²) in [4.78, 5) is 0. The Labute approximate surface area is 163 Å². The van der Waals surface area contributed by atoms with Crippen molar-refractivity contribution in [3.63, 3.8) is 0 Å². The minimum atomic E-state index is -2.68. The van der Waals surface area contributed by atoms with Gasteiger partial charge in [-0.3, -0.25) is 0 Å². The van der Waals surface area contributed by atoms with Gasteiger partial charge in [0.25, 0.3) is 0 Å². The normalized spacial score (nSPS) is 12.9. The molecule has 0 heterocycles. The van der Waals surface area contributed by atoms with Crippen molar-refractivity contribution in [2.24, 2.45) is 0 Å². The van der Waals surface area contributed by atoms with Crippen molar-refractivity contribution < 1.29 is 4.57 Å². The summed E-state index contributed by atoms with van der Waals surface area (Å²) < 4.78 is 14.0. The first-order valence-electron chi connectivity index (χ1n) is 9.66. The van der Waals surface area contributed by atoms with Crippen LogP contribution in [-0.2, 0) is 4.57 Å². The van der Waals surface area contributed by atoms with Gasteiger partial charge in [0, 0.05) is 22.7 Å². The third kappa shape index (κ3) is 4.87. The minimum absolute atomic E-state index is 0.371. The molecule has 0 bridgehead atoms. The fourth-order valence-electron chi connectivity index (χ4n) is 3.46. The second kappa shape index (κ2) is 9.53. The molecule has 0 aliphatic heterocycles. The van der Waals surface area contributed by atoms with Crippen molar-refractivity contribution in [2.75, 3.05) is 6.16 Å². The zero-order chi connectivity index (χ0) is 19.0. The van der Waals surface area contributed by atoms with E-state index in [-0.39, 0.29) is 0 Å². The monoisotopic (exact) mass is 374 g/mol. The molecule has 3 aromatic carbocycles. The van der Waals surface area contributed by atoms with Crippen molar-refractivity contribution >= 4 is 17.8 Å². The molecule has 0 amide bonds. The molecule has 0 aromatic heterocycles. The van der Waals surface area contributed by atoms with Crippen LogP contribution in [0.5, 0.6) is 0 Å². The van der Waals surface area contributed by atoms with E-state index in [1.165, 1.54) is 5.56 Å². The van der Waals surface area contributed by atoms with Crippen molar-refractivity contribution in [1.82, 2.24) is 0 Å². The van der Waals surface area contributed by atoms with Gasteiger partial charge in [0.15, 0.2) is 0 Å². The van der Waals surface area contributed by atoms with Crippen LogP contribution in [0.3, 0.4) is 0 Å². The van der Waals surface area contributed by atoms with Gasteiger partial charge in [-0.15, -0.1) is 0 Å². The Balaban J connectivity index is 1.89. The van der Waals surface area contributed by atoms with Crippen LogP contribution in [0.25, 0.3) is 0 Å². The largest absolute Gasteiger partial charge is 0.313 e. The molecule has 2 heteroatoms. The molecule has 3 rings (SSSR count). The third-order valence-electron chi connectivity index (χ3n) is 4.90. The maximum absolute atomic E-state index is 14.0. The second-order valence-electron chi connectivity index (χ2n) is 6.83. The molecule has 1 atom stereocenters. The zero-order valence-corrected chi connectivity index (χ0v) is 16.8. The van der Waals surface area contributed by atoms with E-state index >= 15 is 0 Å². The molecule has 0 saturated carbocycles. The maximum Gasteiger partial charge on any atom is 0.146 e. The standard InChI is InChI=1S/C25H27OP/c1-2-13-22(23-14-6-3-7-15-23)16-12-21-27(26,24-17-8-4-9-18-24)25-19-10-5-11-20-25/h3-12,14-20,22H,2,13,21H2,1H3/b16-12-. The Morgan fingerprint density at radius 2 is 1.26 bits per heavy atom. The SMILES string of the molecule is CCCC(/C=C\CP(=O)(c1ccccc1)c1ccccc1)c1ccccc1. The molecule has 1 nitrogen and oxygen atoms in total. The van der Waals surface area contributed by atoms with E-state index in [9.17, 15) is 4.57 Å². The smallest absolute Gasteiger partial charge is 0.146 e. The average Bonchev–Trinajstić information content (AvgIpc) is 2.75. The van der Waals surface area contributed by atoms with Crippen LogP contribution in [0.1, 0.15) is 31.2 Å². The molecular weight excluding hydrogens is 347 g/mol. The van der Waals surface area contributed by atoms with Crippen LogP contribution >= 0.6 is 7.14 Å². The highest BCUT2D eigenvalue weighted by atomic mass is 31.2. The van der Waals surface area contributed by atoms with Gasteiger partial charge in [-0.05, 0) is 12.0 Å². The average molecular weight is 374 g/mol. The number of hydrogen-bond donors (Lipinski definition) is 0. The van der Waals surface area contributed by atoms with E-state index in [0.717, 1.165) is 23.5 Å². The summed E-state index contributed by atoms with van der Waals surface area (Å²) in [5.74, 6) is 0.371. The number of rotatable bonds is 8. The van der Waals surface area contributed by atoms with Crippen LogP contribution in [0, 0.1) is 0 Å². The van der Waals surface area contributed by atoms with Gasteiger partial charge >= 0.3 is 0 Å². The van der Waals surface area contributed by atoms with Crippen LogP contribution in [0.2, 0.25) is 0 Å². The van der Waals surface area contributed by atoms with Gasteiger partial charge in [-0.25, -0.2) is 0 Å². The van der Waals surface area contributed by atoms with Gasteiger partial charge in [-0.1, -0.05) is 116 Å². The lowest BCUT2D eigenvalue weighted by molar-refractivity contribution is 0.588. The molecule has 27 heavy (non-hydrogen) atoms. The van der Waals surface area contributed by atoms with Gasteiger partial charge < -0.3 is 4.57 Å². The van der Waals surface area contributed by atoms with Crippen LogP contribution < -0.4 is 10.6 Å². The number of hydrogen-bond acceptors (Lipinski definition) is 1. The molecule has 0 saturated heterocycles. The predicted octanol–water partition coefficient (Wildman–Crippen LogP) is 6.14. The minimum Gasteiger partial charge on any atom is -0.313 e. The Morgan fingerprint density at radius 3 is 1.74 bits per heavy atom. The lowest BCUT2D eigenvalue weighted by Crippen LogP contribution is -2.17. The Morgan fingerprint density at radius 1 is 0.778 bits per heavy atom. The summed E-state index contributed by atoms with van der Waals surface area (Å²) in [5, 5.41) is 1.85. The number of allylic oxidation sites excluding steroid dienone is 2. The highest BCUT2D eigenvalue weighted by Crippen LogP contribution is 2.43. The lowest BCUT2D eigenvalue weighted by atomic mass is 9.94. The molecule has 0 spiro atoms. The van der Waals surface area contributed by atoms with Gasteiger partial charge in [-0.2, -0.15) is 0 Å². The Bertz CT molecular complexity index is 842. The molecule has 0 aliphatic carbocycles. The molecule has 0 fully saturated rings. The van der Waals surface area contributed by atoms with Gasteiger partial charge in [0.05, 0.1) is 0 Å².